The molecule has 1 saturated heterocycles. The first-order valence-corrected chi connectivity index (χ1v) is 9.07. The fourth-order valence-electron chi connectivity index (χ4n) is 2.67. The lowest BCUT2D eigenvalue weighted by Gasteiger charge is -2.25. The predicted octanol–water partition coefficient (Wildman–Crippen LogP) is 2.59. The number of halogens is 2. The highest BCUT2D eigenvalue weighted by molar-refractivity contribution is 14.0. The molecule has 1 aromatic rings. The van der Waals surface area contributed by atoms with Crippen LogP contribution in [0.25, 0.3) is 0 Å². The van der Waals surface area contributed by atoms with Gasteiger partial charge in [0.05, 0.1) is 0 Å². The second-order valence-corrected chi connectivity index (χ2v) is 6.30. The van der Waals surface area contributed by atoms with Crippen LogP contribution < -0.4 is 10.6 Å². The van der Waals surface area contributed by atoms with Gasteiger partial charge in [-0.15, -0.1) is 24.0 Å². The molecule has 1 aliphatic rings. The number of likely N-dealkylation sites (tertiary alicyclic amines) is 1. The van der Waals surface area contributed by atoms with E-state index in [0.717, 1.165) is 23.6 Å². The maximum absolute atomic E-state index is 11.8. The molecule has 2 rings (SSSR count). The van der Waals surface area contributed by atoms with Crippen LogP contribution in [0.2, 0.25) is 5.02 Å². The van der Waals surface area contributed by atoms with Gasteiger partial charge >= 0.3 is 0 Å². The van der Waals surface area contributed by atoms with E-state index in [1.54, 1.807) is 0 Å². The maximum atomic E-state index is 11.8. The van der Waals surface area contributed by atoms with E-state index in [4.69, 9.17) is 11.6 Å². The van der Waals surface area contributed by atoms with Gasteiger partial charge in [0.2, 0.25) is 11.8 Å². The molecule has 0 spiro atoms. The zero-order chi connectivity index (χ0) is 18.1. The normalized spacial score (nSPS) is 14.8. The van der Waals surface area contributed by atoms with Crippen molar-refractivity contribution in [3.8, 4) is 0 Å². The Kier molecular flexibility index (Phi) is 10.6. The van der Waals surface area contributed by atoms with Crippen molar-refractivity contribution >= 4 is 53.4 Å². The summed E-state index contributed by atoms with van der Waals surface area (Å²) in [6.45, 7) is 4.21. The second kappa shape index (κ2) is 12.1. The highest BCUT2D eigenvalue weighted by Gasteiger charge is 2.25. The Labute approximate surface area is 176 Å². The van der Waals surface area contributed by atoms with Crippen molar-refractivity contribution in [1.29, 1.82) is 0 Å². The molecule has 26 heavy (non-hydrogen) atoms. The topological polar surface area (TPSA) is 73.8 Å². The first kappa shape index (κ1) is 22.7. The van der Waals surface area contributed by atoms with E-state index in [1.807, 2.05) is 31.2 Å². The molecule has 1 fully saturated rings. The van der Waals surface area contributed by atoms with Gasteiger partial charge in [-0.3, -0.25) is 19.5 Å². The molecular formula is C18H26ClIN4O2. The summed E-state index contributed by atoms with van der Waals surface area (Å²) in [5.74, 6) is 0.517. The molecule has 0 aromatic heterocycles. The number of hydrogen-bond acceptors (Lipinski definition) is 3. The number of rotatable bonds is 7. The zero-order valence-electron chi connectivity index (χ0n) is 15.0. The number of carbonyl (C=O) groups is 2. The standard InChI is InChI=1S/C18H25ClN4O2.HI/c1-2-20-18(21-10-9-14-5-3-6-15(19)13-14)22-11-12-23-16(24)7-4-8-17(23)25;/h3,5-6,13H,2,4,7-12H2,1H3,(H2,20,21,22);1H. The number of nitrogens with zero attached hydrogens (tertiary/aromatic N) is 2. The molecule has 0 saturated carbocycles. The van der Waals surface area contributed by atoms with Crippen molar-refractivity contribution in [1.82, 2.24) is 15.5 Å². The number of amides is 2. The Morgan fingerprint density at radius 3 is 2.62 bits per heavy atom. The summed E-state index contributed by atoms with van der Waals surface area (Å²) in [6, 6.07) is 7.74. The minimum absolute atomic E-state index is 0. The van der Waals surface area contributed by atoms with Crippen molar-refractivity contribution in [2.45, 2.75) is 32.6 Å². The largest absolute Gasteiger partial charge is 0.357 e. The van der Waals surface area contributed by atoms with E-state index in [9.17, 15) is 9.59 Å². The summed E-state index contributed by atoms with van der Waals surface area (Å²) in [5.41, 5.74) is 1.14. The van der Waals surface area contributed by atoms with Gasteiger partial charge in [-0.25, -0.2) is 0 Å². The van der Waals surface area contributed by atoms with Crippen LogP contribution in [0.5, 0.6) is 0 Å². The highest BCUT2D eigenvalue weighted by Crippen LogP contribution is 2.12. The first-order valence-electron chi connectivity index (χ1n) is 8.70. The summed E-state index contributed by atoms with van der Waals surface area (Å²) < 4.78 is 0. The van der Waals surface area contributed by atoms with Crippen molar-refractivity contribution in [3.63, 3.8) is 0 Å². The summed E-state index contributed by atoms with van der Waals surface area (Å²) in [4.78, 5) is 29.4. The van der Waals surface area contributed by atoms with Gasteiger partial charge in [-0.2, -0.15) is 0 Å². The Balaban J connectivity index is 0.00000338. The van der Waals surface area contributed by atoms with Crippen LogP contribution in [0.1, 0.15) is 31.7 Å². The van der Waals surface area contributed by atoms with Crippen molar-refractivity contribution < 1.29 is 9.59 Å². The number of hydrogen-bond donors (Lipinski definition) is 2. The van der Waals surface area contributed by atoms with E-state index in [2.05, 4.69) is 15.6 Å². The SMILES string of the molecule is CCNC(=NCCc1cccc(Cl)c1)NCCN1C(=O)CCCC1=O.I. The number of piperidine rings is 1. The average molecular weight is 493 g/mol. The van der Waals surface area contributed by atoms with Gasteiger partial charge in [0.1, 0.15) is 0 Å². The fraction of sp³-hybridized carbons (Fsp3) is 0.500. The van der Waals surface area contributed by atoms with Gasteiger partial charge in [0, 0.05) is 44.0 Å². The predicted molar refractivity (Wildman–Crippen MR) is 115 cm³/mol. The van der Waals surface area contributed by atoms with Crippen molar-refractivity contribution in [2.24, 2.45) is 4.99 Å². The number of benzene rings is 1. The van der Waals surface area contributed by atoms with Gasteiger partial charge in [0.15, 0.2) is 5.96 Å². The highest BCUT2D eigenvalue weighted by atomic mass is 127. The van der Waals surface area contributed by atoms with Crippen LogP contribution >= 0.6 is 35.6 Å². The lowest BCUT2D eigenvalue weighted by Crippen LogP contribution is -2.46. The summed E-state index contributed by atoms with van der Waals surface area (Å²) in [7, 11) is 0. The molecule has 8 heteroatoms. The van der Waals surface area contributed by atoms with Crippen LogP contribution in [0.4, 0.5) is 0 Å². The second-order valence-electron chi connectivity index (χ2n) is 5.86. The molecule has 144 valence electrons. The molecular weight excluding hydrogens is 467 g/mol. The lowest BCUT2D eigenvalue weighted by molar-refractivity contribution is -0.147. The van der Waals surface area contributed by atoms with Gasteiger partial charge < -0.3 is 10.6 Å². The third kappa shape index (κ3) is 7.49. The number of carbonyl (C=O) groups excluding carboxylic acids is 2. The van der Waals surface area contributed by atoms with Crippen LogP contribution in [-0.2, 0) is 16.0 Å². The minimum Gasteiger partial charge on any atom is -0.357 e. The van der Waals surface area contributed by atoms with Crippen LogP contribution in [-0.4, -0.2) is 48.9 Å². The molecule has 0 unspecified atom stereocenters. The molecule has 0 bridgehead atoms. The molecule has 6 nitrogen and oxygen atoms in total. The van der Waals surface area contributed by atoms with E-state index in [1.165, 1.54) is 4.90 Å². The van der Waals surface area contributed by atoms with Crippen molar-refractivity contribution in [2.75, 3.05) is 26.2 Å². The van der Waals surface area contributed by atoms with E-state index < -0.39 is 0 Å². The first-order chi connectivity index (χ1) is 12.1. The monoisotopic (exact) mass is 492 g/mol. The van der Waals surface area contributed by atoms with Crippen LogP contribution in [0.3, 0.4) is 0 Å². The number of nitrogens with one attached hydrogen (secondary N) is 2. The third-order valence-electron chi connectivity index (χ3n) is 3.91. The number of imide groups is 1. The Bertz CT molecular complexity index is 623. The Hall–Kier alpha value is -1.35. The van der Waals surface area contributed by atoms with Crippen molar-refractivity contribution in [3.05, 3.63) is 34.9 Å². The average Bonchev–Trinajstić information content (AvgIpc) is 2.57. The molecule has 2 amide bonds. The van der Waals surface area contributed by atoms with E-state index in [-0.39, 0.29) is 35.8 Å². The molecule has 0 radical (unpaired) electrons. The fourth-order valence-corrected chi connectivity index (χ4v) is 2.88. The molecule has 1 aromatic carbocycles. The lowest BCUT2D eigenvalue weighted by atomic mass is 10.1. The van der Waals surface area contributed by atoms with E-state index >= 15 is 0 Å². The molecule has 0 aliphatic carbocycles. The summed E-state index contributed by atoms with van der Waals surface area (Å²) >= 11 is 5.98. The smallest absolute Gasteiger partial charge is 0.229 e. The van der Waals surface area contributed by atoms with Gasteiger partial charge in [-0.1, -0.05) is 23.7 Å². The maximum Gasteiger partial charge on any atom is 0.229 e. The number of aliphatic imine (C=N–C) groups is 1. The van der Waals surface area contributed by atoms with Gasteiger partial charge in [0.25, 0.3) is 0 Å². The molecule has 1 aliphatic heterocycles. The minimum atomic E-state index is -0.0825. The van der Waals surface area contributed by atoms with Crippen LogP contribution in [0, 0.1) is 0 Å². The summed E-state index contributed by atoms with van der Waals surface area (Å²) in [6.07, 6.45) is 2.37. The zero-order valence-corrected chi connectivity index (χ0v) is 18.0. The van der Waals surface area contributed by atoms with E-state index in [0.29, 0.717) is 44.9 Å². The quantitative estimate of drug-likeness (QED) is 0.266. The summed E-state index contributed by atoms with van der Waals surface area (Å²) in [5, 5.41) is 7.06. The third-order valence-corrected chi connectivity index (χ3v) is 4.15. The molecule has 1 heterocycles. The Morgan fingerprint density at radius 2 is 1.96 bits per heavy atom. The number of guanidine groups is 1. The van der Waals surface area contributed by atoms with Crippen LogP contribution in [0.15, 0.2) is 29.3 Å². The molecule has 0 atom stereocenters. The Morgan fingerprint density at radius 1 is 1.23 bits per heavy atom. The molecule has 2 N–H and O–H groups in total. The van der Waals surface area contributed by atoms with Gasteiger partial charge in [-0.05, 0) is 37.5 Å².